The minimum atomic E-state index is -0.258. The molecule has 90 valence electrons. The maximum atomic E-state index is 13.4. The number of hydrogen-bond acceptors (Lipinski definition) is 3. The lowest BCUT2D eigenvalue weighted by molar-refractivity contribution is 0.628. The van der Waals surface area contributed by atoms with Crippen molar-refractivity contribution in [1.29, 1.82) is 0 Å². The van der Waals surface area contributed by atoms with Gasteiger partial charge in [-0.05, 0) is 30.3 Å². The normalized spacial score (nSPS) is 14.6. The van der Waals surface area contributed by atoms with Gasteiger partial charge in [-0.25, -0.2) is 4.39 Å². The second-order valence-electron chi connectivity index (χ2n) is 4.09. The number of rotatable bonds is 2. The molecule has 1 N–H and O–H groups in total. The highest BCUT2D eigenvalue weighted by Gasteiger charge is 2.15. The molecule has 1 aromatic carbocycles. The first-order chi connectivity index (χ1) is 8.84. The van der Waals surface area contributed by atoms with E-state index >= 15 is 0 Å². The van der Waals surface area contributed by atoms with Crippen LogP contribution in [0.1, 0.15) is 5.56 Å². The molecule has 4 heteroatoms. The fourth-order valence-electron chi connectivity index (χ4n) is 2.06. The molecule has 0 amide bonds. The molecule has 0 spiro atoms. The van der Waals surface area contributed by atoms with E-state index in [0.29, 0.717) is 13.2 Å². The third kappa shape index (κ3) is 2.02. The first-order valence-corrected chi connectivity index (χ1v) is 5.80. The lowest BCUT2D eigenvalue weighted by Gasteiger charge is -2.09. The average molecular weight is 241 g/mol. The van der Waals surface area contributed by atoms with Gasteiger partial charge in [0.2, 0.25) is 0 Å². The number of pyridine rings is 1. The molecule has 3 rings (SSSR count). The Kier molecular flexibility index (Phi) is 2.86. The summed E-state index contributed by atoms with van der Waals surface area (Å²) in [6.07, 6.45) is 1.71. The van der Waals surface area contributed by atoms with Crippen LogP contribution >= 0.6 is 0 Å². The van der Waals surface area contributed by atoms with Crippen LogP contribution in [-0.2, 0) is 0 Å². The maximum absolute atomic E-state index is 13.4. The van der Waals surface area contributed by atoms with Gasteiger partial charge in [0.05, 0.1) is 18.1 Å². The van der Waals surface area contributed by atoms with Crippen LogP contribution in [0.3, 0.4) is 0 Å². The van der Waals surface area contributed by atoms with Crippen molar-refractivity contribution < 1.29 is 4.39 Å². The number of nitrogens with one attached hydrogen (secondary N) is 1. The maximum Gasteiger partial charge on any atom is 0.123 e. The van der Waals surface area contributed by atoms with Gasteiger partial charge in [-0.2, -0.15) is 0 Å². The Morgan fingerprint density at radius 3 is 2.78 bits per heavy atom. The Hall–Kier alpha value is -2.07. The number of aromatic nitrogens is 1. The van der Waals surface area contributed by atoms with Crippen LogP contribution in [0.4, 0.5) is 4.39 Å². The largest absolute Gasteiger partial charge is 0.293 e. The summed E-state index contributed by atoms with van der Waals surface area (Å²) in [5.74, 6) is -0.258. The van der Waals surface area contributed by atoms with Crippen LogP contribution in [0, 0.1) is 5.82 Å². The smallest absolute Gasteiger partial charge is 0.123 e. The Balaban J connectivity index is 2.15. The van der Waals surface area contributed by atoms with E-state index in [4.69, 9.17) is 0 Å². The van der Waals surface area contributed by atoms with Gasteiger partial charge < -0.3 is 0 Å². The Bertz CT molecular complexity index is 593. The van der Waals surface area contributed by atoms with Crippen LogP contribution in [0.2, 0.25) is 0 Å². The van der Waals surface area contributed by atoms with E-state index in [1.54, 1.807) is 12.3 Å². The molecular weight excluding hydrogens is 229 g/mol. The van der Waals surface area contributed by atoms with Crippen molar-refractivity contribution in [2.24, 2.45) is 4.99 Å². The van der Waals surface area contributed by atoms with E-state index in [-0.39, 0.29) is 5.82 Å². The average Bonchev–Trinajstić information content (AvgIpc) is 2.93. The fraction of sp³-hybridized carbons (Fsp3) is 0.143. The zero-order chi connectivity index (χ0) is 12.4. The van der Waals surface area contributed by atoms with Gasteiger partial charge >= 0.3 is 0 Å². The molecular formula is C14H12FN3. The second kappa shape index (κ2) is 4.66. The van der Waals surface area contributed by atoms with E-state index in [0.717, 1.165) is 22.5 Å². The highest BCUT2D eigenvalue weighted by atomic mass is 19.1. The van der Waals surface area contributed by atoms with Gasteiger partial charge in [0.25, 0.3) is 0 Å². The van der Waals surface area contributed by atoms with Crippen LogP contribution < -0.4 is 5.32 Å². The van der Waals surface area contributed by atoms with E-state index in [9.17, 15) is 4.39 Å². The van der Waals surface area contributed by atoms with E-state index < -0.39 is 0 Å². The molecule has 0 saturated carbocycles. The third-order valence-electron chi connectivity index (χ3n) is 2.91. The summed E-state index contributed by atoms with van der Waals surface area (Å²) < 4.78 is 13.4. The zero-order valence-electron chi connectivity index (χ0n) is 9.73. The Morgan fingerprint density at radius 1 is 1.11 bits per heavy atom. The zero-order valence-corrected chi connectivity index (χ0v) is 9.73. The van der Waals surface area contributed by atoms with Crippen molar-refractivity contribution in [1.82, 2.24) is 10.3 Å². The highest BCUT2D eigenvalue weighted by molar-refractivity contribution is 6.07. The first-order valence-electron chi connectivity index (χ1n) is 5.80. The van der Waals surface area contributed by atoms with Crippen molar-refractivity contribution in [3.8, 4) is 11.3 Å². The van der Waals surface area contributed by atoms with Crippen molar-refractivity contribution in [2.75, 3.05) is 13.2 Å². The summed E-state index contributed by atoms with van der Waals surface area (Å²) >= 11 is 0. The molecule has 18 heavy (non-hydrogen) atoms. The minimum absolute atomic E-state index is 0.258. The number of nitrogens with zero attached hydrogens (tertiary/aromatic N) is 2. The van der Waals surface area contributed by atoms with Crippen molar-refractivity contribution in [3.63, 3.8) is 0 Å². The van der Waals surface area contributed by atoms with Crippen molar-refractivity contribution in [2.45, 2.75) is 0 Å². The van der Waals surface area contributed by atoms with Gasteiger partial charge in [0, 0.05) is 23.9 Å². The molecule has 1 aliphatic heterocycles. The minimum Gasteiger partial charge on any atom is -0.293 e. The van der Waals surface area contributed by atoms with E-state index in [1.165, 1.54) is 12.1 Å². The summed E-state index contributed by atoms with van der Waals surface area (Å²) in [5.41, 5.74) is 3.45. The first kappa shape index (κ1) is 11.0. The van der Waals surface area contributed by atoms with Gasteiger partial charge in [-0.1, -0.05) is 6.07 Å². The lowest BCUT2D eigenvalue weighted by Crippen LogP contribution is -2.14. The monoisotopic (exact) mass is 241 g/mol. The molecule has 2 aromatic rings. The van der Waals surface area contributed by atoms with E-state index in [2.05, 4.69) is 15.3 Å². The van der Waals surface area contributed by atoms with Gasteiger partial charge in [0.15, 0.2) is 0 Å². The van der Waals surface area contributed by atoms with Crippen LogP contribution in [0.25, 0.3) is 11.3 Å². The predicted molar refractivity (Wildman–Crippen MR) is 69.0 cm³/mol. The topological polar surface area (TPSA) is 37.3 Å². The predicted octanol–water partition coefficient (Wildman–Crippen LogP) is 2.24. The van der Waals surface area contributed by atoms with Gasteiger partial charge in [-0.3, -0.25) is 15.3 Å². The SMILES string of the molecule is Fc1ccc(C2=NCNC2)c(-c2ccccn2)c1. The molecule has 0 saturated heterocycles. The molecule has 0 fully saturated rings. The molecule has 1 aliphatic rings. The molecule has 0 aliphatic carbocycles. The van der Waals surface area contributed by atoms with Gasteiger partial charge in [0.1, 0.15) is 5.82 Å². The third-order valence-corrected chi connectivity index (χ3v) is 2.91. The number of aliphatic imine (C=N–C) groups is 1. The molecule has 0 unspecified atom stereocenters. The molecule has 0 atom stereocenters. The van der Waals surface area contributed by atoms with Crippen LogP contribution in [-0.4, -0.2) is 23.9 Å². The molecule has 0 bridgehead atoms. The Labute approximate surface area is 104 Å². The quantitative estimate of drug-likeness (QED) is 0.875. The molecule has 3 nitrogen and oxygen atoms in total. The Morgan fingerprint density at radius 2 is 2.06 bits per heavy atom. The van der Waals surface area contributed by atoms with Crippen molar-refractivity contribution in [3.05, 3.63) is 54.0 Å². The lowest BCUT2D eigenvalue weighted by atomic mass is 10.00. The number of benzene rings is 1. The van der Waals surface area contributed by atoms with Crippen LogP contribution in [0.5, 0.6) is 0 Å². The number of hydrogen-bond donors (Lipinski definition) is 1. The second-order valence-corrected chi connectivity index (χ2v) is 4.09. The summed E-state index contributed by atoms with van der Waals surface area (Å²) in [7, 11) is 0. The number of halogens is 1. The standard InChI is InChI=1S/C14H12FN3/c15-10-4-5-11(14-8-16-9-18-14)12(7-10)13-3-1-2-6-17-13/h1-7,16H,8-9H2. The molecule has 1 aromatic heterocycles. The molecule has 0 radical (unpaired) electrons. The van der Waals surface area contributed by atoms with Crippen LogP contribution in [0.15, 0.2) is 47.6 Å². The van der Waals surface area contributed by atoms with Crippen molar-refractivity contribution >= 4 is 5.71 Å². The summed E-state index contributed by atoms with van der Waals surface area (Å²) in [4.78, 5) is 8.66. The summed E-state index contributed by atoms with van der Waals surface area (Å²) in [6, 6.07) is 10.4. The summed E-state index contributed by atoms with van der Waals surface area (Å²) in [5, 5.41) is 3.15. The van der Waals surface area contributed by atoms with E-state index in [1.807, 2.05) is 18.2 Å². The van der Waals surface area contributed by atoms with Gasteiger partial charge in [-0.15, -0.1) is 0 Å². The summed E-state index contributed by atoms with van der Waals surface area (Å²) in [6.45, 7) is 1.33. The fourth-order valence-corrected chi connectivity index (χ4v) is 2.06. The highest BCUT2D eigenvalue weighted by Crippen LogP contribution is 2.24. The molecule has 2 heterocycles.